The predicted molar refractivity (Wildman–Crippen MR) is 165 cm³/mol. The van der Waals surface area contributed by atoms with Crippen molar-refractivity contribution in [2.75, 3.05) is 37.7 Å². The van der Waals surface area contributed by atoms with E-state index in [1.54, 1.807) is 6.07 Å². The summed E-state index contributed by atoms with van der Waals surface area (Å²) in [6, 6.07) is 8.18. The Morgan fingerprint density at radius 3 is 2.82 bits per heavy atom. The van der Waals surface area contributed by atoms with Crippen LogP contribution in [0.4, 0.5) is 19.0 Å². The van der Waals surface area contributed by atoms with Crippen molar-refractivity contribution >= 4 is 27.5 Å². The Kier molecular flexibility index (Phi) is 7.64. The van der Waals surface area contributed by atoms with Gasteiger partial charge in [-0.3, -0.25) is 9.88 Å². The number of pyridine rings is 1. The number of hydrogen-bond donors (Lipinski definition) is 1. The third-order valence-electron chi connectivity index (χ3n) is 9.85. The second kappa shape index (κ2) is 11.6. The molecule has 5 heterocycles. The van der Waals surface area contributed by atoms with Crippen LogP contribution in [0.1, 0.15) is 51.0 Å². The van der Waals surface area contributed by atoms with Gasteiger partial charge in [0.05, 0.1) is 17.0 Å². The van der Waals surface area contributed by atoms with Crippen molar-refractivity contribution in [2.24, 2.45) is 5.92 Å². The molecule has 0 spiro atoms. The molecule has 7 rings (SSSR count). The Labute approximate surface area is 259 Å². The summed E-state index contributed by atoms with van der Waals surface area (Å²) in [6.07, 6.45) is 5.26. The molecule has 0 bridgehead atoms. The van der Waals surface area contributed by atoms with Gasteiger partial charge in [0.2, 0.25) is 0 Å². The van der Waals surface area contributed by atoms with Crippen molar-refractivity contribution in [3.05, 3.63) is 47.7 Å². The van der Waals surface area contributed by atoms with Crippen LogP contribution in [0.2, 0.25) is 0 Å². The Morgan fingerprint density at radius 1 is 1.13 bits per heavy atom. The van der Waals surface area contributed by atoms with Gasteiger partial charge in [-0.2, -0.15) is 15.2 Å². The monoisotopic (exact) mass is 616 g/mol. The van der Waals surface area contributed by atoms with Crippen molar-refractivity contribution in [3.8, 4) is 29.1 Å². The van der Waals surface area contributed by atoms with Gasteiger partial charge in [-0.05, 0) is 79.6 Å². The Bertz CT molecular complexity index is 1830. The number of benzene rings is 2. The standard InChI is InChI=1S/C34H35F3N6O2/c1-2-24-27(36)7-6-21-13-23(44)14-25(28(21)24)30-29(37)31-26(17-39-30)32(42-10-3-5-20(16-38)8-12-42)41-33(40-31)45-19-34-9-4-11-43(34)18-22(35)15-34/h6-7,13-14,17,20,22,44H,2-5,8-12,15,18-19H2,1H3/t20?,22?,34-/m0/s1. The number of ether oxygens (including phenoxy) is 1. The lowest BCUT2D eigenvalue weighted by Crippen LogP contribution is -2.43. The van der Waals surface area contributed by atoms with E-state index >= 15 is 4.39 Å². The fourth-order valence-corrected chi connectivity index (χ4v) is 7.63. The number of hydrogen-bond acceptors (Lipinski definition) is 8. The van der Waals surface area contributed by atoms with Crippen LogP contribution in [0.15, 0.2) is 30.5 Å². The lowest BCUT2D eigenvalue weighted by molar-refractivity contribution is 0.107. The average molecular weight is 617 g/mol. The van der Waals surface area contributed by atoms with Gasteiger partial charge in [0, 0.05) is 43.7 Å². The smallest absolute Gasteiger partial charge is 0.319 e. The highest BCUT2D eigenvalue weighted by molar-refractivity contribution is 6.01. The predicted octanol–water partition coefficient (Wildman–Crippen LogP) is 6.48. The first-order valence-electron chi connectivity index (χ1n) is 15.8. The fraction of sp³-hybridized carbons (Fsp3) is 0.471. The summed E-state index contributed by atoms with van der Waals surface area (Å²) in [6.45, 7) is 4.35. The van der Waals surface area contributed by atoms with Crippen LogP contribution in [0.25, 0.3) is 32.9 Å². The minimum Gasteiger partial charge on any atom is -0.508 e. The summed E-state index contributed by atoms with van der Waals surface area (Å²) >= 11 is 0. The highest BCUT2D eigenvalue weighted by Gasteiger charge is 2.49. The molecule has 3 fully saturated rings. The van der Waals surface area contributed by atoms with Crippen molar-refractivity contribution < 1.29 is 23.0 Å². The second-order valence-electron chi connectivity index (χ2n) is 12.6. The summed E-state index contributed by atoms with van der Waals surface area (Å²) in [4.78, 5) is 18.0. The van der Waals surface area contributed by atoms with Crippen molar-refractivity contribution in [1.82, 2.24) is 19.9 Å². The summed E-state index contributed by atoms with van der Waals surface area (Å²) in [7, 11) is 0. The molecule has 3 aliphatic rings. The van der Waals surface area contributed by atoms with Crippen LogP contribution >= 0.6 is 0 Å². The van der Waals surface area contributed by atoms with Gasteiger partial charge in [0.1, 0.15) is 41.4 Å². The number of aromatic nitrogens is 3. The minimum atomic E-state index is -0.923. The van der Waals surface area contributed by atoms with Gasteiger partial charge in [-0.25, -0.2) is 13.2 Å². The van der Waals surface area contributed by atoms with Crippen molar-refractivity contribution in [2.45, 2.75) is 63.6 Å². The molecule has 2 aromatic heterocycles. The summed E-state index contributed by atoms with van der Waals surface area (Å²) in [5, 5.41) is 21.5. The number of anilines is 1. The van der Waals surface area contributed by atoms with Gasteiger partial charge >= 0.3 is 6.01 Å². The molecule has 3 saturated heterocycles. The molecule has 45 heavy (non-hydrogen) atoms. The first kappa shape index (κ1) is 29.5. The molecule has 3 aliphatic heterocycles. The number of aromatic hydroxyl groups is 1. The van der Waals surface area contributed by atoms with E-state index in [1.807, 2.05) is 11.8 Å². The van der Waals surface area contributed by atoms with Gasteiger partial charge in [0.15, 0.2) is 5.82 Å². The largest absolute Gasteiger partial charge is 0.508 e. The van der Waals surface area contributed by atoms with E-state index in [4.69, 9.17) is 9.72 Å². The highest BCUT2D eigenvalue weighted by atomic mass is 19.1. The van der Waals surface area contributed by atoms with Gasteiger partial charge < -0.3 is 14.7 Å². The van der Waals surface area contributed by atoms with E-state index < -0.39 is 23.3 Å². The maximum atomic E-state index is 16.8. The maximum absolute atomic E-state index is 16.8. The molecule has 1 N–H and O–H groups in total. The Balaban J connectivity index is 1.37. The lowest BCUT2D eigenvalue weighted by atomic mass is 9.94. The zero-order valence-corrected chi connectivity index (χ0v) is 25.2. The Hall–Kier alpha value is -4.17. The molecule has 234 valence electrons. The van der Waals surface area contributed by atoms with E-state index in [9.17, 15) is 19.1 Å². The molecule has 0 saturated carbocycles. The number of rotatable bonds is 6. The number of halogens is 3. The third kappa shape index (κ3) is 5.19. The molecule has 4 aromatic rings. The van der Waals surface area contributed by atoms with E-state index in [0.717, 1.165) is 32.2 Å². The lowest BCUT2D eigenvalue weighted by Gasteiger charge is -2.31. The van der Waals surface area contributed by atoms with Crippen molar-refractivity contribution in [1.29, 1.82) is 5.26 Å². The minimum absolute atomic E-state index is 0.0115. The molecule has 0 amide bonds. The quantitative estimate of drug-likeness (QED) is 0.263. The van der Waals surface area contributed by atoms with Gasteiger partial charge in [-0.1, -0.05) is 13.0 Å². The van der Waals surface area contributed by atoms with Crippen LogP contribution in [-0.2, 0) is 6.42 Å². The number of alkyl halides is 1. The summed E-state index contributed by atoms with van der Waals surface area (Å²) in [5.74, 6) is -0.869. The SMILES string of the molecule is CCc1c(F)ccc2cc(O)cc(-c3ncc4c(N5CCCC(C#N)CC5)nc(OC[C@@]56CCCN5CC(F)C6)nc4c3F)c12. The maximum Gasteiger partial charge on any atom is 0.319 e. The number of nitriles is 1. The number of nitrogens with zero attached hydrogens (tertiary/aromatic N) is 6. The first-order valence-corrected chi connectivity index (χ1v) is 15.8. The average Bonchev–Trinajstić information content (AvgIpc) is 3.44. The topological polar surface area (TPSA) is 98.4 Å². The number of phenols is 1. The second-order valence-corrected chi connectivity index (χ2v) is 12.6. The van der Waals surface area contributed by atoms with Crippen LogP contribution in [0, 0.1) is 28.9 Å². The van der Waals surface area contributed by atoms with E-state index in [-0.39, 0.29) is 41.1 Å². The zero-order valence-electron chi connectivity index (χ0n) is 25.2. The number of aryl methyl sites for hydroxylation is 1. The van der Waals surface area contributed by atoms with E-state index in [0.29, 0.717) is 66.4 Å². The van der Waals surface area contributed by atoms with Crippen LogP contribution in [-0.4, -0.2) is 69.5 Å². The molecule has 0 radical (unpaired) electrons. The summed E-state index contributed by atoms with van der Waals surface area (Å²) < 4.78 is 52.4. The zero-order chi connectivity index (χ0) is 31.3. The van der Waals surface area contributed by atoms with E-state index in [1.165, 1.54) is 24.4 Å². The molecular weight excluding hydrogens is 581 g/mol. The van der Waals surface area contributed by atoms with Gasteiger partial charge in [0.25, 0.3) is 0 Å². The van der Waals surface area contributed by atoms with Crippen LogP contribution in [0.3, 0.4) is 0 Å². The molecule has 2 aromatic carbocycles. The molecule has 2 unspecified atom stereocenters. The first-order chi connectivity index (χ1) is 21.8. The van der Waals surface area contributed by atoms with E-state index in [2.05, 4.69) is 20.9 Å². The van der Waals surface area contributed by atoms with Crippen molar-refractivity contribution in [3.63, 3.8) is 0 Å². The molecular formula is C34H35F3N6O2. The number of fused-ring (bicyclic) bond motifs is 3. The number of phenolic OH excluding ortho intramolecular Hbond substituents is 1. The normalized spacial score (nSPS) is 23.8. The molecule has 3 atom stereocenters. The molecule has 0 aliphatic carbocycles. The third-order valence-corrected chi connectivity index (χ3v) is 9.85. The van der Waals surface area contributed by atoms with Crippen LogP contribution in [0.5, 0.6) is 11.8 Å². The van der Waals surface area contributed by atoms with Gasteiger partial charge in [-0.15, -0.1) is 0 Å². The fourth-order valence-electron chi connectivity index (χ4n) is 7.63. The van der Waals surface area contributed by atoms with Crippen LogP contribution < -0.4 is 9.64 Å². The molecule has 8 nitrogen and oxygen atoms in total. The Morgan fingerprint density at radius 2 is 2.00 bits per heavy atom. The summed E-state index contributed by atoms with van der Waals surface area (Å²) in [5.41, 5.74) is 0.133. The highest BCUT2D eigenvalue weighted by Crippen LogP contribution is 2.42. The molecule has 11 heteroatoms.